The average molecular weight is 198 g/mol. The second kappa shape index (κ2) is 3.94. The Kier molecular flexibility index (Phi) is 2.66. The van der Waals surface area contributed by atoms with Crippen molar-refractivity contribution in [3.8, 4) is 0 Å². The Morgan fingerprint density at radius 2 is 2.54 bits per heavy atom. The van der Waals surface area contributed by atoms with Gasteiger partial charge in [-0.1, -0.05) is 11.6 Å². The van der Waals surface area contributed by atoms with Crippen LogP contribution < -0.4 is 10.6 Å². The number of hydrogen-bond acceptors (Lipinski definition) is 3. The first-order chi connectivity index (χ1) is 6.34. The van der Waals surface area contributed by atoms with E-state index in [9.17, 15) is 0 Å². The first-order valence-corrected chi connectivity index (χ1v) is 4.81. The van der Waals surface area contributed by atoms with E-state index in [1.54, 1.807) is 6.20 Å². The molecule has 0 spiro atoms. The summed E-state index contributed by atoms with van der Waals surface area (Å²) < 4.78 is 0. The van der Waals surface area contributed by atoms with Crippen molar-refractivity contribution in [1.82, 2.24) is 10.3 Å². The van der Waals surface area contributed by atoms with Gasteiger partial charge in [0.05, 0.1) is 0 Å². The number of anilines is 1. The molecule has 1 fully saturated rings. The summed E-state index contributed by atoms with van der Waals surface area (Å²) in [5, 5.41) is 7.23. The summed E-state index contributed by atoms with van der Waals surface area (Å²) in [7, 11) is 0. The number of pyridine rings is 1. The highest BCUT2D eigenvalue weighted by atomic mass is 35.5. The van der Waals surface area contributed by atoms with Crippen molar-refractivity contribution in [3.63, 3.8) is 0 Å². The second-order valence-electron chi connectivity index (χ2n) is 3.20. The van der Waals surface area contributed by atoms with Gasteiger partial charge in [0.25, 0.3) is 0 Å². The molecule has 0 bridgehead atoms. The third-order valence-corrected chi connectivity index (χ3v) is 2.36. The molecule has 4 heteroatoms. The molecule has 0 saturated carbocycles. The van der Waals surface area contributed by atoms with Crippen LogP contribution in [0.1, 0.15) is 6.42 Å². The van der Waals surface area contributed by atoms with Crippen molar-refractivity contribution < 1.29 is 0 Å². The van der Waals surface area contributed by atoms with Crippen molar-refractivity contribution >= 4 is 17.3 Å². The minimum atomic E-state index is 0.526. The van der Waals surface area contributed by atoms with Gasteiger partial charge in [0.2, 0.25) is 0 Å². The van der Waals surface area contributed by atoms with Crippen molar-refractivity contribution in [2.24, 2.45) is 0 Å². The lowest BCUT2D eigenvalue weighted by molar-refractivity contribution is 0.793. The summed E-state index contributed by atoms with van der Waals surface area (Å²) in [6, 6.07) is 4.31. The van der Waals surface area contributed by atoms with Gasteiger partial charge in [-0.05, 0) is 25.1 Å². The van der Waals surface area contributed by atoms with Gasteiger partial charge in [-0.2, -0.15) is 0 Å². The molecule has 1 aromatic heterocycles. The van der Waals surface area contributed by atoms with Crippen molar-refractivity contribution in [3.05, 3.63) is 23.5 Å². The van der Waals surface area contributed by atoms with Gasteiger partial charge < -0.3 is 10.6 Å². The number of rotatable bonds is 2. The van der Waals surface area contributed by atoms with Crippen LogP contribution in [0.2, 0.25) is 5.15 Å². The lowest BCUT2D eigenvalue weighted by Gasteiger charge is -2.12. The summed E-state index contributed by atoms with van der Waals surface area (Å²) in [6.07, 6.45) is 2.88. The molecular weight excluding hydrogens is 186 g/mol. The Labute approximate surface area is 82.5 Å². The second-order valence-corrected chi connectivity index (χ2v) is 3.59. The maximum absolute atomic E-state index is 5.76. The SMILES string of the molecule is Clc1cc(NC2CCNC2)ccn1. The number of hydrogen-bond donors (Lipinski definition) is 2. The summed E-state index contributed by atoms with van der Waals surface area (Å²) >= 11 is 5.76. The van der Waals surface area contributed by atoms with Crippen LogP contribution in [0.4, 0.5) is 5.69 Å². The van der Waals surface area contributed by atoms with E-state index in [2.05, 4.69) is 15.6 Å². The number of aromatic nitrogens is 1. The Morgan fingerprint density at radius 3 is 3.23 bits per heavy atom. The molecule has 1 saturated heterocycles. The fourth-order valence-corrected chi connectivity index (χ4v) is 1.68. The minimum absolute atomic E-state index is 0.526. The molecule has 1 unspecified atom stereocenters. The average Bonchev–Trinajstić information content (AvgIpc) is 2.57. The van der Waals surface area contributed by atoms with Crippen LogP contribution in [-0.4, -0.2) is 24.1 Å². The monoisotopic (exact) mass is 197 g/mol. The lowest BCUT2D eigenvalue weighted by Crippen LogP contribution is -2.21. The molecule has 2 heterocycles. The van der Waals surface area contributed by atoms with E-state index in [-0.39, 0.29) is 0 Å². The molecule has 0 amide bonds. The smallest absolute Gasteiger partial charge is 0.131 e. The number of halogens is 1. The largest absolute Gasteiger partial charge is 0.381 e. The van der Waals surface area contributed by atoms with Crippen LogP contribution in [0, 0.1) is 0 Å². The highest BCUT2D eigenvalue weighted by Crippen LogP contribution is 2.14. The molecule has 70 valence electrons. The molecule has 1 aromatic rings. The zero-order valence-corrected chi connectivity index (χ0v) is 8.01. The van der Waals surface area contributed by atoms with E-state index in [4.69, 9.17) is 11.6 Å². The predicted molar refractivity (Wildman–Crippen MR) is 54.1 cm³/mol. The molecular formula is C9H12ClN3. The molecule has 2 rings (SSSR count). The van der Waals surface area contributed by atoms with Crippen molar-refractivity contribution in [1.29, 1.82) is 0 Å². The molecule has 1 aliphatic heterocycles. The Morgan fingerprint density at radius 1 is 1.62 bits per heavy atom. The van der Waals surface area contributed by atoms with Gasteiger partial charge in [-0.25, -0.2) is 4.98 Å². The number of nitrogens with zero attached hydrogens (tertiary/aromatic N) is 1. The lowest BCUT2D eigenvalue weighted by atomic mass is 10.2. The highest BCUT2D eigenvalue weighted by molar-refractivity contribution is 6.29. The van der Waals surface area contributed by atoms with Crippen LogP contribution in [0.25, 0.3) is 0 Å². The summed E-state index contributed by atoms with van der Waals surface area (Å²) in [5.41, 5.74) is 1.05. The first kappa shape index (κ1) is 8.78. The number of nitrogens with one attached hydrogen (secondary N) is 2. The van der Waals surface area contributed by atoms with Crippen molar-refractivity contribution in [2.75, 3.05) is 18.4 Å². The topological polar surface area (TPSA) is 37.0 Å². The summed E-state index contributed by atoms with van der Waals surface area (Å²) in [4.78, 5) is 3.92. The summed E-state index contributed by atoms with van der Waals surface area (Å²) in [5.74, 6) is 0. The van der Waals surface area contributed by atoms with Gasteiger partial charge in [0, 0.05) is 24.5 Å². The predicted octanol–water partition coefficient (Wildman–Crippen LogP) is 1.51. The fraction of sp³-hybridized carbons (Fsp3) is 0.444. The third kappa shape index (κ3) is 2.32. The normalized spacial score (nSPS) is 21.8. The summed E-state index contributed by atoms with van der Waals surface area (Å²) in [6.45, 7) is 2.12. The van der Waals surface area contributed by atoms with Gasteiger partial charge >= 0.3 is 0 Å². The molecule has 13 heavy (non-hydrogen) atoms. The fourth-order valence-electron chi connectivity index (χ4n) is 1.51. The zero-order chi connectivity index (χ0) is 9.10. The van der Waals surface area contributed by atoms with Crippen molar-refractivity contribution in [2.45, 2.75) is 12.5 Å². The van der Waals surface area contributed by atoms with Crippen LogP contribution in [0.15, 0.2) is 18.3 Å². The molecule has 1 atom stereocenters. The van der Waals surface area contributed by atoms with Gasteiger partial charge in [0.15, 0.2) is 0 Å². The molecule has 0 radical (unpaired) electrons. The van der Waals surface area contributed by atoms with Crippen LogP contribution in [0.3, 0.4) is 0 Å². The third-order valence-electron chi connectivity index (χ3n) is 2.16. The van der Waals surface area contributed by atoms with Crippen LogP contribution in [0.5, 0.6) is 0 Å². The van der Waals surface area contributed by atoms with Gasteiger partial charge in [-0.15, -0.1) is 0 Å². The van der Waals surface area contributed by atoms with Gasteiger partial charge in [0.1, 0.15) is 5.15 Å². The van der Waals surface area contributed by atoms with Crippen LogP contribution in [-0.2, 0) is 0 Å². The first-order valence-electron chi connectivity index (χ1n) is 4.43. The highest BCUT2D eigenvalue weighted by Gasteiger charge is 2.13. The molecule has 0 aromatic carbocycles. The van der Waals surface area contributed by atoms with E-state index >= 15 is 0 Å². The van der Waals surface area contributed by atoms with E-state index in [1.807, 2.05) is 12.1 Å². The molecule has 3 nitrogen and oxygen atoms in total. The standard InChI is InChI=1S/C9H12ClN3/c10-9-5-7(2-4-12-9)13-8-1-3-11-6-8/h2,4-5,8,11H,1,3,6H2,(H,12,13). The maximum atomic E-state index is 5.76. The van der Waals surface area contributed by atoms with E-state index in [0.717, 1.165) is 18.8 Å². The van der Waals surface area contributed by atoms with E-state index < -0.39 is 0 Å². The minimum Gasteiger partial charge on any atom is -0.381 e. The maximum Gasteiger partial charge on any atom is 0.131 e. The quantitative estimate of drug-likeness (QED) is 0.706. The molecule has 2 N–H and O–H groups in total. The zero-order valence-electron chi connectivity index (χ0n) is 7.26. The van der Waals surface area contributed by atoms with Gasteiger partial charge in [-0.3, -0.25) is 0 Å². The Balaban J connectivity index is 2.00. The van der Waals surface area contributed by atoms with E-state index in [1.165, 1.54) is 6.42 Å². The molecule has 0 aliphatic carbocycles. The molecule has 1 aliphatic rings. The van der Waals surface area contributed by atoms with E-state index in [0.29, 0.717) is 11.2 Å². The Bertz CT molecular complexity index is 284. The van der Waals surface area contributed by atoms with Crippen LogP contribution >= 0.6 is 11.6 Å². The Hall–Kier alpha value is -0.800.